The number of esters is 1. The maximum absolute atomic E-state index is 14.2. The Morgan fingerprint density at radius 1 is 1.15 bits per heavy atom. The van der Waals surface area contributed by atoms with E-state index < -0.39 is 11.8 Å². The van der Waals surface area contributed by atoms with Gasteiger partial charge in [-0.1, -0.05) is 18.2 Å². The van der Waals surface area contributed by atoms with Crippen LogP contribution in [0.4, 0.5) is 4.39 Å². The van der Waals surface area contributed by atoms with Crippen molar-refractivity contribution in [2.45, 2.75) is 6.92 Å². The number of hydrogen-bond donors (Lipinski definition) is 0. The Labute approximate surface area is 154 Å². The second-order valence-electron chi connectivity index (χ2n) is 5.96. The van der Waals surface area contributed by atoms with Crippen LogP contribution < -0.4 is 0 Å². The lowest BCUT2D eigenvalue weighted by molar-refractivity contribution is 0.0603. The van der Waals surface area contributed by atoms with Crippen molar-refractivity contribution in [3.8, 4) is 22.5 Å². The van der Waals surface area contributed by atoms with Gasteiger partial charge in [-0.15, -0.1) is 5.10 Å². The number of halogens is 1. The number of fused-ring (bicyclic) bond motifs is 1. The average molecular weight is 362 g/mol. The van der Waals surface area contributed by atoms with E-state index in [1.54, 1.807) is 36.7 Å². The molecule has 0 aliphatic carbocycles. The van der Waals surface area contributed by atoms with Crippen LogP contribution in [0.15, 0.2) is 54.9 Å². The van der Waals surface area contributed by atoms with Gasteiger partial charge in [0.25, 0.3) is 0 Å². The smallest absolute Gasteiger partial charge is 0.342 e. The van der Waals surface area contributed by atoms with Gasteiger partial charge in [-0.05, 0) is 31.2 Å². The van der Waals surface area contributed by atoms with Crippen LogP contribution in [0.1, 0.15) is 16.1 Å². The van der Waals surface area contributed by atoms with Crippen LogP contribution in [0, 0.1) is 12.7 Å². The zero-order valence-corrected chi connectivity index (χ0v) is 14.7. The maximum atomic E-state index is 14.2. The van der Waals surface area contributed by atoms with Gasteiger partial charge < -0.3 is 4.74 Å². The summed E-state index contributed by atoms with van der Waals surface area (Å²) in [7, 11) is 1.31. The van der Waals surface area contributed by atoms with E-state index in [0.29, 0.717) is 11.2 Å². The van der Waals surface area contributed by atoms with Crippen molar-refractivity contribution in [3.05, 3.63) is 71.9 Å². The van der Waals surface area contributed by atoms with Crippen molar-refractivity contribution in [3.63, 3.8) is 0 Å². The van der Waals surface area contributed by atoms with Crippen LogP contribution in [0.25, 0.3) is 28.2 Å². The molecule has 27 heavy (non-hydrogen) atoms. The number of carbonyl (C=O) groups is 1. The molecule has 0 bridgehead atoms. The SMILES string of the molecule is COC(=O)c1c(-c2cccnc2)cc(C)n2nc(-c3ccccc3F)nc12. The Bertz CT molecular complexity index is 1160. The fraction of sp³-hybridized carbons (Fsp3) is 0.100. The molecule has 0 saturated carbocycles. The average Bonchev–Trinajstić information content (AvgIpc) is 3.14. The summed E-state index contributed by atoms with van der Waals surface area (Å²) in [6, 6.07) is 11.7. The van der Waals surface area contributed by atoms with E-state index in [-0.39, 0.29) is 17.0 Å². The minimum Gasteiger partial charge on any atom is -0.465 e. The van der Waals surface area contributed by atoms with Crippen LogP contribution >= 0.6 is 0 Å². The minimum atomic E-state index is -0.550. The van der Waals surface area contributed by atoms with Crippen molar-refractivity contribution in [1.29, 1.82) is 0 Å². The van der Waals surface area contributed by atoms with E-state index in [4.69, 9.17) is 4.74 Å². The molecular weight excluding hydrogens is 347 g/mol. The first kappa shape index (κ1) is 16.8. The number of methoxy groups -OCH3 is 1. The summed E-state index contributed by atoms with van der Waals surface area (Å²) in [5.41, 5.74) is 2.95. The lowest BCUT2D eigenvalue weighted by Gasteiger charge is -2.10. The Hall–Kier alpha value is -3.61. The zero-order chi connectivity index (χ0) is 19.0. The molecule has 1 aromatic carbocycles. The number of aryl methyl sites for hydroxylation is 1. The zero-order valence-electron chi connectivity index (χ0n) is 14.7. The largest absolute Gasteiger partial charge is 0.465 e. The van der Waals surface area contributed by atoms with Gasteiger partial charge in [0.05, 0.1) is 12.7 Å². The Balaban J connectivity index is 2.04. The molecule has 0 radical (unpaired) electrons. The predicted molar refractivity (Wildman–Crippen MR) is 97.7 cm³/mol. The quantitative estimate of drug-likeness (QED) is 0.520. The van der Waals surface area contributed by atoms with E-state index in [1.807, 2.05) is 19.1 Å². The van der Waals surface area contributed by atoms with Gasteiger partial charge in [0.2, 0.25) is 0 Å². The third-order valence-corrected chi connectivity index (χ3v) is 4.26. The first-order valence-corrected chi connectivity index (χ1v) is 8.24. The molecule has 0 fully saturated rings. The molecule has 0 unspecified atom stereocenters. The molecule has 0 spiro atoms. The highest BCUT2D eigenvalue weighted by molar-refractivity contribution is 6.03. The van der Waals surface area contributed by atoms with Gasteiger partial charge >= 0.3 is 5.97 Å². The van der Waals surface area contributed by atoms with Crippen LogP contribution in [-0.4, -0.2) is 32.7 Å². The second-order valence-corrected chi connectivity index (χ2v) is 5.96. The standard InChI is InChI=1S/C20H15FN4O2/c1-12-10-15(13-6-5-9-22-11-13)17(20(26)27-2)19-23-18(24-25(12)19)14-7-3-4-8-16(14)21/h3-11H,1-2H3. The maximum Gasteiger partial charge on any atom is 0.342 e. The van der Waals surface area contributed by atoms with Crippen molar-refractivity contribution < 1.29 is 13.9 Å². The van der Waals surface area contributed by atoms with Gasteiger partial charge in [0.15, 0.2) is 11.5 Å². The van der Waals surface area contributed by atoms with Crippen molar-refractivity contribution >= 4 is 11.6 Å². The van der Waals surface area contributed by atoms with Crippen LogP contribution in [0.2, 0.25) is 0 Å². The first-order valence-electron chi connectivity index (χ1n) is 8.24. The van der Waals surface area contributed by atoms with E-state index >= 15 is 0 Å². The van der Waals surface area contributed by atoms with Gasteiger partial charge in [0.1, 0.15) is 11.4 Å². The number of carbonyl (C=O) groups excluding carboxylic acids is 1. The van der Waals surface area contributed by atoms with E-state index in [0.717, 1.165) is 11.3 Å². The summed E-state index contributed by atoms with van der Waals surface area (Å²) in [6.45, 7) is 1.84. The molecule has 0 amide bonds. The molecule has 0 atom stereocenters. The van der Waals surface area contributed by atoms with Crippen LogP contribution in [0.5, 0.6) is 0 Å². The van der Waals surface area contributed by atoms with Crippen molar-refractivity contribution in [1.82, 2.24) is 19.6 Å². The number of rotatable bonds is 3. The summed E-state index contributed by atoms with van der Waals surface area (Å²) in [4.78, 5) is 21.1. The summed E-state index contributed by atoms with van der Waals surface area (Å²) >= 11 is 0. The molecule has 4 aromatic rings. The van der Waals surface area contributed by atoms with Crippen LogP contribution in [0.3, 0.4) is 0 Å². The fourth-order valence-electron chi connectivity index (χ4n) is 2.99. The molecule has 0 saturated heterocycles. The fourth-order valence-corrected chi connectivity index (χ4v) is 2.99. The highest BCUT2D eigenvalue weighted by Gasteiger charge is 2.23. The summed E-state index contributed by atoms with van der Waals surface area (Å²) in [6.07, 6.45) is 3.31. The topological polar surface area (TPSA) is 69.4 Å². The second kappa shape index (κ2) is 6.60. The van der Waals surface area contributed by atoms with Gasteiger partial charge in [-0.2, -0.15) is 0 Å². The van der Waals surface area contributed by atoms with Crippen molar-refractivity contribution in [2.75, 3.05) is 7.11 Å². The highest BCUT2D eigenvalue weighted by atomic mass is 19.1. The normalized spacial score (nSPS) is 10.9. The van der Waals surface area contributed by atoms with Crippen molar-refractivity contribution in [2.24, 2.45) is 0 Å². The number of hydrogen-bond acceptors (Lipinski definition) is 5. The Kier molecular flexibility index (Phi) is 4.12. The van der Waals surface area contributed by atoms with Gasteiger partial charge in [-0.3, -0.25) is 4.98 Å². The third kappa shape index (κ3) is 2.83. The summed E-state index contributed by atoms with van der Waals surface area (Å²) in [5, 5.41) is 4.40. The lowest BCUT2D eigenvalue weighted by Crippen LogP contribution is -2.09. The molecular formula is C20H15FN4O2. The summed E-state index contributed by atoms with van der Waals surface area (Å²) in [5.74, 6) is -0.783. The number of nitrogens with zero attached hydrogens (tertiary/aromatic N) is 4. The number of aromatic nitrogens is 4. The van der Waals surface area contributed by atoms with Gasteiger partial charge in [-0.25, -0.2) is 18.7 Å². The lowest BCUT2D eigenvalue weighted by atomic mass is 10.0. The van der Waals surface area contributed by atoms with Crippen LogP contribution in [-0.2, 0) is 4.74 Å². The van der Waals surface area contributed by atoms with E-state index in [2.05, 4.69) is 15.1 Å². The van der Waals surface area contributed by atoms with E-state index in [9.17, 15) is 9.18 Å². The third-order valence-electron chi connectivity index (χ3n) is 4.26. The molecule has 7 heteroatoms. The monoisotopic (exact) mass is 362 g/mol. The molecule has 134 valence electrons. The molecule has 6 nitrogen and oxygen atoms in total. The molecule has 0 N–H and O–H groups in total. The molecule has 0 aliphatic heterocycles. The highest BCUT2D eigenvalue weighted by Crippen LogP contribution is 2.30. The van der Waals surface area contributed by atoms with Gasteiger partial charge in [0, 0.05) is 29.2 Å². The Morgan fingerprint density at radius 2 is 1.96 bits per heavy atom. The molecule has 3 heterocycles. The summed E-state index contributed by atoms with van der Waals surface area (Å²) < 4.78 is 20.7. The number of benzene rings is 1. The van der Waals surface area contributed by atoms with E-state index in [1.165, 1.54) is 17.7 Å². The Morgan fingerprint density at radius 3 is 2.67 bits per heavy atom. The predicted octanol–water partition coefficient (Wildman–Crippen LogP) is 3.69. The number of pyridine rings is 2. The first-order chi connectivity index (χ1) is 13.1. The number of ether oxygens (including phenoxy) is 1. The molecule has 0 aliphatic rings. The molecule has 3 aromatic heterocycles. The minimum absolute atomic E-state index is 0.199. The molecule has 4 rings (SSSR count).